The van der Waals surface area contributed by atoms with Crippen molar-refractivity contribution >= 4 is 23.4 Å². The summed E-state index contributed by atoms with van der Waals surface area (Å²) in [5.41, 5.74) is 2.65. The number of nitrogens with one attached hydrogen (secondary N) is 1. The molecule has 0 unspecified atom stereocenters. The van der Waals surface area contributed by atoms with Crippen LogP contribution >= 0.6 is 11.8 Å². The Labute approximate surface area is 135 Å². The Morgan fingerprint density at radius 2 is 1.91 bits per heavy atom. The highest BCUT2D eigenvalue weighted by Crippen LogP contribution is 2.23. The molecule has 3 nitrogen and oxygen atoms in total. The first-order valence-electron chi connectivity index (χ1n) is 7.23. The van der Waals surface area contributed by atoms with Crippen LogP contribution in [0.25, 0.3) is 0 Å². The van der Waals surface area contributed by atoms with Gasteiger partial charge in [-0.15, -0.1) is 11.8 Å². The minimum atomic E-state index is -0.149. The minimum absolute atomic E-state index is 0.149. The Hall–Kier alpha value is -2.25. The zero-order valence-electron chi connectivity index (χ0n) is 12.5. The molecule has 4 heteroatoms. The zero-order chi connectivity index (χ0) is 15.8. The van der Waals surface area contributed by atoms with Gasteiger partial charge in [-0.05, 0) is 36.2 Å². The molecular formula is C18H18N2OS. The summed E-state index contributed by atoms with van der Waals surface area (Å²) >= 11 is 1.37. The number of carbonyl (C=O) groups excluding carboxylic acids is 1. The van der Waals surface area contributed by atoms with E-state index in [1.165, 1.54) is 17.3 Å². The van der Waals surface area contributed by atoms with Crippen LogP contribution in [0.2, 0.25) is 0 Å². The Bertz CT molecular complexity index is 674. The van der Waals surface area contributed by atoms with Gasteiger partial charge in [0.25, 0.3) is 5.91 Å². The number of anilines is 1. The van der Waals surface area contributed by atoms with E-state index < -0.39 is 0 Å². The predicted molar refractivity (Wildman–Crippen MR) is 91.2 cm³/mol. The van der Waals surface area contributed by atoms with E-state index >= 15 is 0 Å². The molecule has 0 aliphatic rings. The molecule has 0 aromatic heterocycles. The van der Waals surface area contributed by atoms with Gasteiger partial charge in [0, 0.05) is 10.6 Å². The van der Waals surface area contributed by atoms with Crippen molar-refractivity contribution in [2.75, 3.05) is 11.1 Å². The van der Waals surface area contributed by atoms with Crippen LogP contribution in [0.5, 0.6) is 0 Å². The number of rotatable bonds is 6. The topological polar surface area (TPSA) is 52.9 Å². The summed E-state index contributed by atoms with van der Waals surface area (Å²) in [5, 5.41) is 11.6. The van der Waals surface area contributed by atoms with Crippen molar-refractivity contribution < 1.29 is 4.79 Å². The fourth-order valence-corrected chi connectivity index (χ4v) is 2.84. The SMILES string of the molecule is CCCc1ccc(NC(=O)c2ccccc2SCC#N)cc1. The number of benzene rings is 2. The lowest BCUT2D eigenvalue weighted by Crippen LogP contribution is -2.13. The summed E-state index contributed by atoms with van der Waals surface area (Å²) in [6, 6.07) is 17.3. The summed E-state index contributed by atoms with van der Waals surface area (Å²) in [7, 11) is 0. The molecule has 0 atom stereocenters. The number of hydrogen-bond donors (Lipinski definition) is 1. The van der Waals surface area contributed by atoms with E-state index in [1.54, 1.807) is 6.07 Å². The van der Waals surface area contributed by atoms with Gasteiger partial charge in [-0.3, -0.25) is 4.79 Å². The number of aryl methyl sites for hydroxylation is 1. The third-order valence-electron chi connectivity index (χ3n) is 3.17. The average Bonchev–Trinajstić information content (AvgIpc) is 2.55. The van der Waals surface area contributed by atoms with Gasteiger partial charge >= 0.3 is 0 Å². The molecule has 2 aromatic carbocycles. The van der Waals surface area contributed by atoms with E-state index in [4.69, 9.17) is 5.26 Å². The molecular weight excluding hydrogens is 292 g/mol. The van der Waals surface area contributed by atoms with Crippen LogP contribution in [0.1, 0.15) is 29.3 Å². The molecule has 1 amide bonds. The number of carbonyl (C=O) groups is 1. The van der Waals surface area contributed by atoms with Crippen LogP contribution in [-0.4, -0.2) is 11.7 Å². The standard InChI is InChI=1S/C18H18N2OS/c1-2-5-14-8-10-15(11-9-14)20-18(21)16-6-3-4-7-17(16)22-13-12-19/h3-4,6-11H,2,5,13H2,1H3,(H,20,21). The van der Waals surface area contributed by atoms with Gasteiger partial charge in [-0.2, -0.15) is 5.26 Å². The van der Waals surface area contributed by atoms with Crippen molar-refractivity contribution in [3.8, 4) is 6.07 Å². The van der Waals surface area contributed by atoms with E-state index in [0.29, 0.717) is 11.3 Å². The summed E-state index contributed by atoms with van der Waals surface area (Å²) in [4.78, 5) is 13.2. The first kappa shape index (κ1) is 16.1. The molecule has 2 rings (SSSR count). The second kappa shape index (κ2) is 8.26. The Morgan fingerprint density at radius 1 is 1.18 bits per heavy atom. The van der Waals surface area contributed by atoms with Crippen LogP contribution in [0.15, 0.2) is 53.4 Å². The normalized spacial score (nSPS) is 10.0. The largest absolute Gasteiger partial charge is 0.322 e. The second-order valence-electron chi connectivity index (χ2n) is 4.84. The Kier molecular flexibility index (Phi) is 6.05. The third kappa shape index (κ3) is 4.37. The van der Waals surface area contributed by atoms with E-state index in [0.717, 1.165) is 23.4 Å². The lowest BCUT2D eigenvalue weighted by Gasteiger charge is -2.09. The maximum absolute atomic E-state index is 12.4. The smallest absolute Gasteiger partial charge is 0.256 e. The second-order valence-corrected chi connectivity index (χ2v) is 5.86. The highest BCUT2D eigenvalue weighted by atomic mass is 32.2. The number of nitriles is 1. The summed E-state index contributed by atoms with van der Waals surface area (Å²) < 4.78 is 0. The first-order valence-corrected chi connectivity index (χ1v) is 8.22. The van der Waals surface area contributed by atoms with Gasteiger partial charge < -0.3 is 5.32 Å². The highest BCUT2D eigenvalue weighted by Gasteiger charge is 2.11. The molecule has 0 radical (unpaired) electrons. The van der Waals surface area contributed by atoms with Gasteiger partial charge in [0.15, 0.2) is 0 Å². The van der Waals surface area contributed by atoms with Gasteiger partial charge in [0.2, 0.25) is 0 Å². The molecule has 0 saturated heterocycles. The molecule has 0 spiro atoms. The maximum atomic E-state index is 12.4. The molecule has 0 fully saturated rings. The first-order chi connectivity index (χ1) is 10.7. The average molecular weight is 310 g/mol. The summed E-state index contributed by atoms with van der Waals surface area (Å²) in [6.07, 6.45) is 2.15. The molecule has 0 heterocycles. The number of amides is 1. The minimum Gasteiger partial charge on any atom is -0.322 e. The Morgan fingerprint density at radius 3 is 2.59 bits per heavy atom. The number of thioether (sulfide) groups is 1. The third-order valence-corrected chi connectivity index (χ3v) is 4.11. The molecule has 0 saturated carbocycles. The molecule has 22 heavy (non-hydrogen) atoms. The Balaban J connectivity index is 2.10. The van der Waals surface area contributed by atoms with Crippen molar-refractivity contribution in [1.82, 2.24) is 0 Å². The fourth-order valence-electron chi connectivity index (χ4n) is 2.13. The molecule has 1 N–H and O–H groups in total. The van der Waals surface area contributed by atoms with Crippen molar-refractivity contribution in [1.29, 1.82) is 5.26 Å². The van der Waals surface area contributed by atoms with E-state index in [2.05, 4.69) is 18.3 Å². The fraction of sp³-hybridized carbons (Fsp3) is 0.222. The lowest BCUT2D eigenvalue weighted by molar-refractivity contribution is 0.102. The van der Waals surface area contributed by atoms with Gasteiger partial charge in [-0.1, -0.05) is 37.6 Å². The number of nitrogens with zero attached hydrogens (tertiary/aromatic N) is 1. The maximum Gasteiger partial charge on any atom is 0.256 e. The van der Waals surface area contributed by atoms with E-state index in [-0.39, 0.29) is 5.91 Å². The van der Waals surface area contributed by atoms with Gasteiger partial charge in [0.1, 0.15) is 0 Å². The van der Waals surface area contributed by atoms with Crippen LogP contribution in [0, 0.1) is 11.3 Å². The zero-order valence-corrected chi connectivity index (χ0v) is 13.3. The molecule has 0 aliphatic heterocycles. The highest BCUT2D eigenvalue weighted by molar-refractivity contribution is 7.99. The molecule has 112 valence electrons. The predicted octanol–water partition coefficient (Wildman–Crippen LogP) is 4.51. The van der Waals surface area contributed by atoms with Crippen molar-refractivity contribution in [2.24, 2.45) is 0 Å². The summed E-state index contributed by atoms with van der Waals surface area (Å²) in [5.74, 6) is 0.181. The quantitative estimate of drug-likeness (QED) is 0.799. The van der Waals surface area contributed by atoms with Crippen LogP contribution in [0.3, 0.4) is 0 Å². The van der Waals surface area contributed by atoms with Crippen molar-refractivity contribution in [2.45, 2.75) is 24.7 Å². The van der Waals surface area contributed by atoms with E-state index in [1.807, 2.05) is 42.5 Å². The summed E-state index contributed by atoms with van der Waals surface area (Å²) in [6.45, 7) is 2.14. The lowest BCUT2D eigenvalue weighted by atomic mass is 10.1. The monoisotopic (exact) mass is 310 g/mol. The van der Waals surface area contributed by atoms with Gasteiger partial charge in [-0.25, -0.2) is 0 Å². The van der Waals surface area contributed by atoms with E-state index in [9.17, 15) is 4.79 Å². The molecule has 0 aliphatic carbocycles. The van der Waals surface area contributed by atoms with Crippen LogP contribution in [-0.2, 0) is 6.42 Å². The number of hydrogen-bond acceptors (Lipinski definition) is 3. The van der Waals surface area contributed by atoms with Crippen LogP contribution in [0.4, 0.5) is 5.69 Å². The molecule has 2 aromatic rings. The van der Waals surface area contributed by atoms with Crippen molar-refractivity contribution in [3.05, 3.63) is 59.7 Å². The van der Waals surface area contributed by atoms with Crippen molar-refractivity contribution in [3.63, 3.8) is 0 Å². The van der Waals surface area contributed by atoms with Gasteiger partial charge in [0.05, 0.1) is 17.4 Å². The molecule has 0 bridgehead atoms. The van der Waals surface area contributed by atoms with Crippen LogP contribution < -0.4 is 5.32 Å².